The van der Waals surface area contributed by atoms with E-state index in [-0.39, 0.29) is 11.5 Å². The molecule has 3 aromatic heterocycles. The Morgan fingerprint density at radius 1 is 1.37 bits per heavy atom. The van der Waals surface area contributed by atoms with Gasteiger partial charge in [0.15, 0.2) is 5.78 Å². The van der Waals surface area contributed by atoms with Crippen molar-refractivity contribution in [1.29, 1.82) is 0 Å². The van der Waals surface area contributed by atoms with Gasteiger partial charge in [-0.3, -0.25) is 4.79 Å². The predicted molar refractivity (Wildman–Crippen MR) is 120 cm³/mol. The molecule has 0 aromatic carbocycles. The molecule has 6 nitrogen and oxygen atoms in total. The highest BCUT2D eigenvalue weighted by molar-refractivity contribution is 7.99. The number of rotatable bonds is 8. The third-order valence-corrected chi connectivity index (χ3v) is 7.71. The highest BCUT2D eigenvalue weighted by Crippen LogP contribution is 2.37. The van der Waals surface area contributed by atoms with Gasteiger partial charge in [0, 0.05) is 35.5 Å². The molecule has 0 saturated heterocycles. The van der Waals surface area contributed by atoms with Crippen molar-refractivity contribution in [3.05, 3.63) is 39.5 Å². The molecule has 0 saturated carbocycles. The zero-order valence-electron chi connectivity index (χ0n) is 17.9. The summed E-state index contributed by atoms with van der Waals surface area (Å²) < 4.78 is 13.1. The first kappa shape index (κ1) is 21.3. The lowest BCUT2D eigenvalue weighted by molar-refractivity contribution is 0.102. The van der Waals surface area contributed by atoms with Crippen molar-refractivity contribution >= 4 is 28.9 Å². The SMILES string of the molecule is COCCn1c(C)cc(C(=O)CSc2nnc(-c3cc4c(s3)CC[C@@H](C)C4)o2)c1C. The summed E-state index contributed by atoms with van der Waals surface area (Å²) in [5.74, 6) is 1.62. The second-order valence-electron chi connectivity index (χ2n) is 7.92. The van der Waals surface area contributed by atoms with Gasteiger partial charge < -0.3 is 13.7 Å². The first-order valence-electron chi connectivity index (χ1n) is 10.2. The van der Waals surface area contributed by atoms with E-state index in [9.17, 15) is 4.79 Å². The van der Waals surface area contributed by atoms with Gasteiger partial charge in [0.2, 0.25) is 0 Å². The summed E-state index contributed by atoms with van der Waals surface area (Å²) in [6, 6.07) is 4.14. The summed E-state index contributed by atoms with van der Waals surface area (Å²) in [7, 11) is 1.68. The number of ketones is 1. The molecule has 1 aliphatic carbocycles. The van der Waals surface area contributed by atoms with Crippen LogP contribution in [-0.2, 0) is 24.1 Å². The maximum atomic E-state index is 12.8. The van der Waals surface area contributed by atoms with E-state index in [1.54, 1.807) is 18.4 Å². The van der Waals surface area contributed by atoms with Gasteiger partial charge in [0.25, 0.3) is 11.1 Å². The molecule has 0 spiro atoms. The fraction of sp³-hybridized carbons (Fsp3) is 0.500. The Morgan fingerprint density at radius 2 is 2.20 bits per heavy atom. The Hall–Kier alpha value is -1.90. The van der Waals surface area contributed by atoms with Crippen LogP contribution in [-0.4, -0.2) is 40.0 Å². The lowest BCUT2D eigenvalue weighted by Crippen LogP contribution is -2.09. The van der Waals surface area contributed by atoms with Crippen LogP contribution in [0.4, 0.5) is 0 Å². The normalized spacial score (nSPS) is 16.1. The smallest absolute Gasteiger partial charge is 0.277 e. The molecule has 0 N–H and O–H groups in total. The van der Waals surface area contributed by atoms with Crippen molar-refractivity contribution in [3.8, 4) is 10.8 Å². The number of aromatic nitrogens is 3. The van der Waals surface area contributed by atoms with Gasteiger partial charge in [-0.15, -0.1) is 21.5 Å². The Bertz CT molecular complexity index is 1050. The predicted octanol–water partition coefficient (Wildman–Crippen LogP) is 4.96. The summed E-state index contributed by atoms with van der Waals surface area (Å²) >= 11 is 3.05. The van der Waals surface area contributed by atoms with Crippen LogP contribution in [0.5, 0.6) is 0 Å². The van der Waals surface area contributed by atoms with Crippen LogP contribution in [0.15, 0.2) is 21.8 Å². The largest absolute Gasteiger partial charge is 0.410 e. The van der Waals surface area contributed by atoms with Crippen LogP contribution in [0.3, 0.4) is 0 Å². The van der Waals surface area contributed by atoms with Crippen molar-refractivity contribution in [2.45, 2.75) is 51.8 Å². The molecule has 0 unspecified atom stereocenters. The van der Waals surface area contributed by atoms with Crippen LogP contribution in [0.1, 0.15) is 45.5 Å². The number of carbonyl (C=O) groups is 1. The molecule has 0 aliphatic heterocycles. The fourth-order valence-electron chi connectivity index (χ4n) is 3.99. The van der Waals surface area contributed by atoms with Gasteiger partial charge in [-0.25, -0.2) is 0 Å². The molecule has 0 bridgehead atoms. The Labute approximate surface area is 185 Å². The Morgan fingerprint density at radius 3 is 3.00 bits per heavy atom. The number of methoxy groups -OCH3 is 1. The molecule has 0 amide bonds. The molecule has 1 aliphatic rings. The van der Waals surface area contributed by atoms with Gasteiger partial charge in [-0.1, -0.05) is 18.7 Å². The first-order chi connectivity index (χ1) is 14.5. The van der Waals surface area contributed by atoms with E-state index < -0.39 is 0 Å². The fourth-order valence-corrected chi connectivity index (χ4v) is 5.77. The van der Waals surface area contributed by atoms with Gasteiger partial charge in [-0.2, -0.15) is 0 Å². The molecule has 0 fully saturated rings. The van der Waals surface area contributed by atoms with E-state index >= 15 is 0 Å². The van der Waals surface area contributed by atoms with Crippen LogP contribution in [0, 0.1) is 19.8 Å². The first-order valence-corrected chi connectivity index (χ1v) is 12.0. The van der Waals surface area contributed by atoms with E-state index in [2.05, 4.69) is 27.8 Å². The van der Waals surface area contributed by atoms with E-state index in [0.29, 0.717) is 17.7 Å². The van der Waals surface area contributed by atoms with Crippen LogP contribution in [0.25, 0.3) is 10.8 Å². The van der Waals surface area contributed by atoms with E-state index in [0.717, 1.165) is 47.1 Å². The highest BCUT2D eigenvalue weighted by atomic mass is 32.2. The summed E-state index contributed by atoms with van der Waals surface area (Å²) in [5.41, 5.74) is 4.20. The van der Waals surface area contributed by atoms with Crippen molar-refractivity contribution in [3.63, 3.8) is 0 Å². The van der Waals surface area contributed by atoms with Crippen molar-refractivity contribution < 1.29 is 13.9 Å². The minimum atomic E-state index is 0.0668. The molecule has 160 valence electrons. The van der Waals surface area contributed by atoms with E-state index in [4.69, 9.17) is 9.15 Å². The number of thiophene rings is 1. The van der Waals surface area contributed by atoms with Gasteiger partial charge in [0.05, 0.1) is 17.2 Å². The molecular formula is C22H27N3O3S2. The summed E-state index contributed by atoms with van der Waals surface area (Å²) in [5, 5.41) is 8.79. The second kappa shape index (κ2) is 9.08. The number of fused-ring (bicyclic) bond motifs is 1. The van der Waals surface area contributed by atoms with Gasteiger partial charge >= 0.3 is 0 Å². The highest BCUT2D eigenvalue weighted by Gasteiger charge is 2.22. The van der Waals surface area contributed by atoms with Crippen LogP contribution >= 0.6 is 23.1 Å². The monoisotopic (exact) mass is 445 g/mol. The van der Waals surface area contributed by atoms with Crippen molar-refractivity contribution in [2.75, 3.05) is 19.5 Å². The maximum absolute atomic E-state index is 12.8. The van der Waals surface area contributed by atoms with Crippen LogP contribution in [0.2, 0.25) is 0 Å². The molecule has 3 aromatic rings. The third-order valence-electron chi connectivity index (χ3n) is 5.67. The number of hydrogen-bond donors (Lipinski definition) is 0. The molecule has 30 heavy (non-hydrogen) atoms. The van der Waals surface area contributed by atoms with Gasteiger partial charge in [0.1, 0.15) is 0 Å². The third kappa shape index (κ3) is 4.40. The van der Waals surface area contributed by atoms with E-state index in [1.807, 2.05) is 19.9 Å². The molecule has 4 rings (SSSR count). The van der Waals surface area contributed by atoms with Gasteiger partial charge in [-0.05, 0) is 56.7 Å². The molecule has 8 heteroatoms. The maximum Gasteiger partial charge on any atom is 0.277 e. The second-order valence-corrected chi connectivity index (χ2v) is 9.98. The number of ether oxygens (including phenoxy) is 1. The zero-order valence-corrected chi connectivity index (χ0v) is 19.5. The van der Waals surface area contributed by atoms with Crippen LogP contribution < -0.4 is 0 Å². The topological polar surface area (TPSA) is 70.2 Å². The molecular weight excluding hydrogens is 418 g/mol. The Kier molecular flexibility index (Phi) is 6.46. The lowest BCUT2D eigenvalue weighted by Gasteiger charge is -2.16. The summed E-state index contributed by atoms with van der Waals surface area (Å²) in [4.78, 5) is 15.2. The van der Waals surface area contributed by atoms with E-state index in [1.165, 1.54) is 28.6 Å². The minimum Gasteiger partial charge on any atom is -0.410 e. The Balaban J connectivity index is 1.41. The number of nitrogens with zero attached hydrogens (tertiary/aromatic N) is 3. The average molecular weight is 446 g/mol. The molecule has 3 heterocycles. The van der Waals surface area contributed by atoms with Crippen molar-refractivity contribution in [1.82, 2.24) is 14.8 Å². The molecule has 1 atom stereocenters. The standard InChI is InChI=1S/C22H27N3O3S2/c1-13-5-6-19-16(9-13)11-20(30-19)21-23-24-22(28-21)29-12-18(26)17-10-14(2)25(15(17)3)7-8-27-4/h10-11,13H,5-9,12H2,1-4H3/t13-/m1/s1. The zero-order chi connectivity index (χ0) is 21.3. The number of hydrogen-bond acceptors (Lipinski definition) is 7. The minimum absolute atomic E-state index is 0.0668. The van der Waals surface area contributed by atoms with Crippen molar-refractivity contribution in [2.24, 2.45) is 5.92 Å². The average Bonchev–Trinajstić information content (AvgIpc) is 3.42. The number of Topliss-reactive ketones (excluding diaryl/α,β-unsaturated/α-hetero) is 1. The number of carbonyl (C=O) groups excluding carboxylic acids is 1. The molecule has 0 radical (unpaired) electrons. The lowest BCUT2D eigenvalue weighted by atomic mass is 9.90. The number of thioether (sulfide) groups is 1. The quantitative estimate of drug-likeness (QED) is 0.360. The summed E-state index contributed by atoms with van der Waals surface area (Å²) in [6.07, 6.45) is 3.50. The number of aryl methyl sites for hydroxylation is 2. The summed E-state index contributed by atoms with van der Waals surface area (Å²) in [6.45, 7) is 7.65.